The number of ether oxygens (including phenoxy) is 1. The Kier molecular flexibility index (Phi) is 3.44. The number of thiophene rings is 1. The molecule has 0 bridgehead atoms. The Morgan fingerprint density at radius 1 is 1.04 bits per heavy atom. The van der Waals surface area contributed by atoms with Gasteiger partial charge >= 0.3 is 0 Å². The van der Waals surface area contributed by atoms with Crippen LogP contribution in [0.3, 0.4) is 0 Å². The molecule has 3 heterocycles. The lowest BCUT2D eigenvalue weighted by Crippen LogP contribution is -1.91. The van der Waals surface area contributed by atoms with E-state index in [9.17, 15) is 4.39 Å². The quantitative estimate of drug-likeness (QED) is 0.536. The zero-order valence-electron chi connectivity index (χ0n) is 11.7. The normalized spacial score (nSPS) is 11.0. The van der Waals surface area contributed by atoms with Crippen LogP contribution in [0.2, 0.25) is 0 Å². The minimum atomic E-state index is -0.494. The van der Waals surface area contributed by atoms with E-state index in [2.05, 4.69) is 9.97 Å². The van der Waals surface area contributed by atoms with Gasteiger partial charge in [-0.1, -0.05) is 0 Å². The molecule has 114 valence electrons. The van der Waals surface area contributed by atoms with Gasteiger partial charge in [0.25, 0.3) is 0 Å². The summed E-state index contributed by atoms with van der Waals surface area (Å²) in [5.74, 6) is 0.203. The lowest BCUT2D eigenvalue weighted by atomic mass is 10.3. The van der Waals surface area contributed by atoms with E-state index in [1.165, 1.54) is 23.5 Å². The first-order chi connectivity index (χ1) is 11.2. The molecule has 0 saturated heterocycles. The molecule has 4 aromatic rings. The Balaban J connectivity index is 1.78. The number of fused-ring (bicyclic) bond motifs is 1. The minimum Gasteiger partial charge on any atom is -0.453 e. The van der Waals surface area contributed by atoms with Crippen LogP contribution in [-0.2, 0) is 0 Å². The number of thiazole rings is 1. The highest BCUT2D eigenvalue weighted by Gasteiger charge is 2.13. The summed E-state index contributed by atoms with van der Waals surface area (Å²) in [6, 6.07) is 8.05. The summed E-state index contributed by atoms with van der Waals surface area (Å²) in [5, 5.41) is 2.85. The van der Waals surface area contributed by atoms with E-state index in [1.54, 1.807) is 35.9 Å². The average molecular weight is 343 g/mol. The predicted molar refractivity (Wildman–Crippen MR) is 91.6 cm³/mol. The monoisotopic (exact) mass is 343 g/mol. The Morgan fingerprint density at radius 3 is 2.74 bits per heavy atom. The fraction of sp³-hybridized carbons (Fsp3) is 0. The number of nitrogen functional groups attached to an aromatic ring is 1. The van der Waals surface area contributed by atoms with Gasteiger partial charge in [0.1, 0.15) is 10.8 Å². The molecule has 3 aromatic heterocycles. The van der Waals surface area contributed by atoms with Crippen molar-refractivity contribution in [3.63, 3.8) is 0 Å². The standard InChI is InChI=1S/C16H10FN3OS2/c17-10-7-9(18)1-2-12(10)21-13-3-4-19-11-8-14(23-15(11)13)16-20-5-6-22-16/h1-8H,18H2. The fourth-order valence-electron chi connectivity index (χ4n) is 2.16. The second-order valence-electron chi connectivity index (χ2n) is 4.76. The molecule has 4 nitrogen and oxygen atoms in total. The summed E-state index contributed by atoms with van der Waals surface area (Å²) in [6.45, 7) is 0. The van der Waals surface area contributed by atoms with E-state index in [1.807, 2.05) is 11.4 Å². The van der Waals surface area contributed by atoms with Crippen LogP contribution < -0.4 is 10.5 Å². The first kappa shape index (κ1) is 14.1. The van der Waals surface area contributed by atoms with Gasteiger partial charge in [-0.05, 0) is 18.2 Å². The molecule has 2 N–H and O–H groups in total. The number of aromatic nitrogens is 2. The third kappa shape index (κ3) is 2.64. The number of nitrogens with two attached hydrogens (primary N) is 1. The number of rotatable bonds is 3. The van der Waals surface area contributed by atoms with Crippen LogP contribution in [0.25, 0.3) is 20.1 Å². The van der Waals surface area contributed by atoms with Gasteiger partial charge < -0.3 is 10.5 Å². The van der Waals surface area contributed by atoms with Gasteiger partial charge in [0.2, 0.25) is 0 Å². The lowest BCUT2D eigenvalue weighted by molar-refractivity contribution is 0.447. The molecule has 0 atom stereocenters. The van der Waals surface area contributed by atoms with E-state index < -0.39 is 5.82 Å². The minimum absolute atomic E-state index is 0.135. The van der Waals surface area contributed by atoms with Gasteiger partial charge in [0, 0.05) is 35.6 Å². The summed E-state index contributed by atoms with van der Waals surface area (Å²) in [4.78, 5) is 9.66. The number of hydrogen-bond donors (Lipinski definition) is 1. The molecular weight excluding hydrogens is 333 g/mol. The number of hydrogen-bond acceptors (Lipinski definition) is 6. The van der Waals surface area contributed by atoms with E-state index in [0.717, 1.165) is 20.1 Å². The number of halogens is 1. The average Bonchev–Trinajstić information content (AvgIpc) is 3.18. The number of pyridine rings is 1. The molecule has 7 heteroatoms. The van der Waals surface area contributed by atoms with Crippen LogP contribution in [0.15, 0.2) is 48.1 Å². The predicted octanol–water partition coefficient (Wildman–Crippen LogP) is 4.93. The molecule has 0 aliphatic carbocycles. The molecule has 4 rings (SSSR count). The van der Waals surface area contributed by atoms with Crippen molar-refractivity contribution >= 4 is 38.6 Å². The number of benzene rings is 1. The second kappa shape index (κ2) is 5.60. The summed E-state index contributed by atoms with van der Waals surface area (Å²) in [7, 11) is 0. The maximum absolute atomic E-state index is 13.9. The first-order valence-corrected chi connectivity index (χ1v) is 8.41. The van der Waals surface area contributed by atoms with E-state index in [-0.39, 0.29) is 5.75 Å². The fourth-order valence-corrected chi connectivity index (χ4v) is 3.94. The molecule has 0 spiro atoms. The van der Waals surface area contributed by atoms with Crippen molar-refractivity contribution in [1.82, 2.24) is 9.97 Å². The van der Waals surface area contributed by atoms with Crippen LogP contribution in [-0.4, -0.2) is 9.97 Å². The molecule has 0 amide bonds. The first-order valence-electron chi connectivity index (χ1n) is 6.72. The van der Waals surface area contributed by atoms with E-state index in [0.29, 0.717) is 11.4 Å². The molecule has 1 aromatic carbocycles. The highest BCUT2D eigenvalue weighted by atomic mass is 32.1. The SMILES string of the molecule is Nc1ccc(Oc2ccnc3cc(-c4nccs4)sc23)c(F)c1. The highest BCUT2D eigenvalue weighted by molar-refractivity contribution is 7.25. The van der Waals surface area contributed by atoms with Gasteiger partial charge in [-0.25, -0.2) is 9.37 Å². The van der Waals surface area contributed by atoms with Crippen LogP contribution in [0.1, 0.15) is 0 Å². The number of nitrogens with zero attached hydrogens (tertiary/aromatic N) is 2. The summed E-state index contributed by atoms with van der Waals surface area (Å²) in [5.41, 5.74) is 6.72. The van der Waals surface area contributed by atoms with Crippen molar-refractivity contribution in [2.24, 2.45) is 0 Å². The van der Waals surface area contributed by atoms with Gasteiger partial charge in [0.05, 0.1) is 15.1 Å². The van der Waals surface area contributed by atoms with E-state index >= 15 is 0 Å². The molecule has 23 heavy (non-hydrogen) atoms. The van der Waals surface area contributed by atoms with Crippen molar-refractivity contribution in [1.29, 1.82) is 0 Å². The zero-order valence-corrected chi connectivity index (χ0v) is 13.3. The summed E-state index contributed by atoms with van der Waals surface area (Å²) < 4.78 is 20.5. The molecule has 0 aliphatic heterocycles. The van der Waals surface area contributed by atoms with Gasteiger partial charge in [-0.3, -0.25) is 4.98 Å². The third-order valence-corrected chi connectivity index (χ3v) is 5.28. The molecule has 0 unspecified atom stereocenters. The van der Waals surface area contributed by atoms with E-state index in [4.69, 9.17) is 10.5 Å². The molecule has 0 radical (unpaired) electrons. The van der Waals surface area contributed by atoms with Crippen molar-refractivity contribution in [2.45, 2.75) is 0 Å². The molecule has 0 aliphatic rings. The topological polar surface area (TPSA) is 61.0 Å². The Morgan fingerprint density at radius 2 is 1.96 bits per heavy atom. The lowest BCUT2D eigenvalue weighted by Gasteiger charge is -2.07. The second-order valence-corrected chi connectivity index (χ2v) is 6.71. The van der Waals surface area contributed by atoms with Crippen molar-refractivity contribution in [2.75, 3.05) is 5.73 Å². The van der Waals surface area contributed by atoms with Crippen LogP contribution in [0.4, 0.5) is 10.1 Å². The molecule has 0 saturated carbocycles. The summed E-state index contributed by atoms with van der Waals surface area (Å²) in [6.07, 6.45) is 3.41. The smallest absolute Gasteiger partial charge is 0.167 e. The van der Waals surface area contributed by atoms with Crippen LogP contribution in [0.5, 0.6) is 11.5 Å². The van der Waals surface area contributed by atoms with Gasteiger partial charge in [-0.15, -0.1) is 22.7 Å². The van der Waals surface area contributed by atoms with Gasteiger partial charge in [-0.2, -0.15) is 0 Å². The molecule has 0 fully saturated rings. The maximum atomic E-state index is 13.9. The Hall–Kier alpha value is -2.51. The summed E-state index contributed by atoms with van der Waals surface area (Å²) >= 11 is 3.09. The molecular formula is C16H10FN3OS2. The Bertz CT molecular complexity index is 982. The highest BCUT2D eigenvalue weighted by Crippen LogP contribution is 2.40. The van der Waals surface area contributed by atoms with Crippen molar-refractivity contribution in [3.8, 4) is 21.4 Å². The van der Waals surface area contributed by atoms with Crippen LogP contribution >= 0.6 is 22.7 Å². The van der Waals surface area contributed by atoms with Gasteiger partial charge in [0.15, 0.2) is 11.6 Å². The third-order valence-electron chi connectivity index (χ3n) is 3.19. The van der Waals surface area contributed by atoms with Crippen molar-refractivity contribution < 1.29 is 9.13 Å². The van der Waals surface area contributed by atoms with Crippen molar-refractivity contribution in [3.05, 3.63) is 53.9 Å². The number of anilines is 1. The maximum Gasteiger partial charge on any atom is 0.167 e. The Labute approximate surface area is 139 Å². The van der Waals surface area contributed by atoms with Crippen LogP contribution in [0, 0.1) is 5.82 Å². The largest absolute Gasteiger partial charge is 0.453 e. The zero-order chi connectivity index (χ0) is 15.8.